The van der Waals surface area contributed by atoms with Crippen LogP contribution in [0.2, 0.25) is 0 Å². The van der Waals surface area contributed by atoms with Crippen molar-refractivity contribution in [3.05, 3.63) is 23.0 Å². The van der Waals surface area contributed by atoms with Gasteiger partial charge in [-0.15, -0.1) is 0 Å². The Hall–Kier alpha value is -1.29. The number of carbonyl (C=O) groups excluding carboxylic acids is 1. The number of aromatic amines is 1. The largest absolute Gasteiger partial charge is 0.467 e. The van der Waals surface area contributed by atoms with Crippen LogP contribution in [0, 0.1) is 13.8 Å². The zero-order valence-electron chi connectivity index (χ0n) is 7.92. The molecule has 0 aliphatic rings. The van der Waals surface area contributed by atoms with Crippen LogP contribution in [0.5, 0.6) is 0 Å². The van der Waals surface area contributed by atoms with Crippen molar-refractivity contribution >= 4 is 5.97 Å². The third-order valence-corrected chi connectivity index (χ3v) is 2.03. The quantitative estimate of drug-likeness (QED) is 0.668. The summed E-state index contributed by atoms with van der Waals surface area (Å²) >= 11 is 0. The molecule has 4 heteroatoms. The van der Waals surface area contributed by atoms with Crippen molar-refractivity contribution in [2.24, 2.45) is 0 Å². The molecule has 4 nitrogen and oxygen atoms in total. The van der Waals surface area contributed by atoms with Gasteiger partial charge in [0.25, 0.3) is 0 Å². The zero-order chi connectivity index (χ0) is 10.0. The molecule has 1 heterocycles. The summed E-state index contributed by atoms with van der Waals surface area (Å²) in [5, 5.41) is 9.55. The second-order valence-corrected chi connectivity index (χ2v) is 2.94. The fourth-order valence-corrected chi connectivity index (χ4v) is 1.32. The van der Waals surface area contributed by atoms with Gasteiger partial charge in [0.1, 0.15) is 0 Å². The van der Waals surface area contributed by atoms with Gasteiger partial charge in [0.2, 0.25) is 0 Å². The van der Waals surface area contributed by atoms with Crippen molar-refractivity contribution in [1.82, 2.24) is 4.98 Å². The second-order valence-electron chi connectivity index (χ2n) is 2.94. The fraction of sp³-hybridized carbons (Fsp3) is 0.444. The van der Waals surface area contributed by atoms with Crippen molar-refractivity contribution in [2.45, 2.75) is 20.0 Å². The maximum absolute atomic E-state index is 11.0. The number of aliphatic hydroxyl groups excluding tert-OH is 1. The number of H-pyrrole nitrogens is 1. The summed E-state index contributed by atoms with van der Waals surface area (Å²) in [6.07, 6.45) is 0.563. The number of methoxy groups -OCH3 is 1. The Kier molecular flexibility index (Phi) is 2.72. The van der Waals surface area contributed by atoms with Crippen LogP contribution in [0.15, 0.2) is 6.20 Å². The molecule has 1 aromatic rings. The van der Waals surface area contributed by atoms with E-state index in [0.717, 1.165) is 11.3 Å². The summed E-state index contributed by atoms with van der Waals surface area (Å²) in [5.74, 6) is -0.634. The number of hydrogen-bond donors (Lipinski definition) is 2. The molecule has 0 aliphatic heterocycles. The highest BCUT2D eigenvalue weighted by Gasteiger charge is 2.22. The minimum atomic E-state index is -1.18. The lowest BCUT2D eigenvalue weighted by Crippen LogP contribution is -2.14. The van der Waals surface area contributed by atoms with Crippen LogP contribution in [0.25, 0.3) is 0 Å². The molecule has 13 heavy (non-hydrogen) atoms. The highest BCUT2D eigenvalue weighted by Crippen LogP contribution is 2.21. The number of aryl methyl sites for hydroxylation is 2. The Bertz CT molecular complexity index is 297. The molecule has 0 aromatic carbocycles. The average Bonchev–Trinajstić information content (AvgIpc) is 2.44. The molecule has 0 amide bonds. The van der Waals surface area contributed by atoms with Crippen LogP contribution in [0.4, 0.5) is 0 Å². The van der Waals surface area contributed by atoms with Crippen LogP contribution < -0.4 is 0 Å². The number of carbonyl (C=O) groups is 1. The van der Waals surface area contributed by atoms with Gasteiger partial charge in [-0.25, -0.2) is 4.79 Å². The molecule has 0 radical (unpaired) electrons. The third kappa shape index (κ3) is 1.72. The molecule has 0 saturated carbocycles. The highest BCUT2D eigenvalue weighted by atomic mass is 16.5. The Balaban J connectivity index is 3.00. The van der Waals surface area contributed by atoms with Crippen molar-refractivity contribution in [1.29, 1.82) is 0 Å². The van der Waals surface area contributed by atoms with Gasteiger partial charge in [0.05, 0.1) is 7.11 Å². The predicted octanol–water partition coefficient (Wildman–Crippen LogP) is 0.838. The van der Waals surface area contributed by atoms with Gasteiger partial charge in [-0.05, 0) is 19.4 Å². The molecule has 0 bridgehead atoms. The second kappa shape index (κ2) is 3.62. The van der Waals surface area contributed by atoms with E-state index in [1.807, 2.05) is 6.92 Å². The van der Waals surface area contributed by atoms with E-state index in [9.17, 15) is 9.90 Å². The first-order valence-corrected chi connectivity index (χ1v) is 3.98. The maximum atomic E-state index is 11.0. The number of esters is 1. The van der Waals surface area contributed by atoms with Gasteiger partial charge in [-0.2, -0.15) is 0 Å². The molecule has 72 valence electrons. The molecule has 1 aromatic heterocycles. The standard InChI is InChI=1S/C9H13NO3/c1-5-4-10-6(2)7(5)8(11)9(12)13-3/h4,8,10-11H,1-3H3. The summed E-state index contributed by atoms with van der Waals surface area (Å²) in [4.78, 5) is 14.0. The van der Waals surface area contributed by atoms with E-state index in [1.165, 1.54) is 7.11 Å². The molecule has 0 fully saturated rings. The molecule has 1 rings (SSSR count). The monoisotopic (exact) mass is 183 g/mol. The molecule has 0 saturated heterocycles. The topological polar surface area (TPSA) is 62.3 Å². The molecule has 0 spiro atoms. The molecule has 1 atom stereocenters. The summed E-state index contributed by atoms with van der Waals surface area (Å²) in [7, 11) is 1.25. The average molecular weight is 183 g/mol. The van der Waals surface area contributed by atoms with Crippen LogP contribution in [0.1, 0.15) is 22.9 Å². The van der Waals surface area contributed by atoms with Crippen molar-refractivity contribution in [3.63, 3.8) is 0 Å². The lowest BCUT2D eigenvalue weighted by Gasteiger charge is -2.08. The highest BCUT2D eigenvalue weighted by molar-refractivity contribution is 5.77. The van der Waals surface area contributed by atoms with Gasteiger partial charge in [-0.1, -0.05) is 0 Å². The first kappa shape index (κ1) is 9.80. The Morgan fingerprint density at radius 3 is 2.62 bits per heavy atom. The Morgan fingerprint density at radius 1 is 1.62 bits per heavy atom. The van der Waals surface area contributed by atoms with E-state index >= 15 is 0 Å². The number of nitrogens with one attached hydrogen (secondary N) is 1. The number of hydrogen-bond acceptors (Lipinski definition) is 3. The van der Waals surface area contributed by atoms with E-state index in [1.54, 1.807) is 13.1 Å². The van der Waals surface area contributed by atoms with Crippen LogP contribution in [0.3, 0.4) is 0 Å². The summed E-state index contributed by atoms with van der Waals surface area (Å²) in [5.41, 5.74) is 2.25. The van der Waals surface area contributed by atoms with E-state index in [0.29, 0.717) is 5.56 Å². The Labute approximate surface area is 76.5 Å². The fourth-order valence-electron chi connectivity index (χ4n) is 1.32. The molecule has 2 N–H and O–H groups in total. The smallest absolute Gasteiger partial charge is 0.339 e. The van der Waals surface area contributed by atoms with Crippen LogP contribution in [-0.2, 0) is 9.53 Å². The van der Waals surface area contributed by atoms with Gasteiger partial charge in [0, 0.05) is 17.5 Å². The van der Waals surface area contributed by atoms with Gasteiger partial charge in [-0.3, -0.25) is 0 Å². The molecule has 0 aliphatic carbocycles. The van der Waals surface area contributed by atoms with Gasteiger partial charge < -0.3 is 14.8 Å². The predicted molar refractivity (Wildman–Crippen MR) is 47.2 cm³/mol. The summed E-state index contributed by atoms with van der Waals surface area (Å²) in [6.45, 7) is 3.62. The van der Waals surface area contributed by atoms with Crippen LogP contribution in [-0.4, -0.2) is 23.2 Å². The van der Waals surface area contributed by atoms with Crippen molar-refractivity contribution < 1.29 is 14.6 Å². The number of rotatable bonds is 2. The van der Waals surface area contributed by atoms with Crippen LogP contribution >= 0.6 is 0 Å². The van der Waals surface area contributed by atoms with Gasteiger partial charge >= 0.3 is 5.97 Å². The number of aliphatic hydroxyl groups is 1. The van der Waals surface area contributed by atoms with Gasteiger partial charge in [0.15, 0.2) is 6.10 Å². The molecular weight excluding hydrogens is 170 g/mol. The lowest BCUT2D eigenvalue weighted by molar-refractivity contribution is -0.150. The van der Waals surface area contributed by atoms with E-state index in [-0.39, 0.29) is 0 Å². The minimum absolute atomic E-state index is 0.604. The first-order valence-electron chi connectivity index (χ1n) is 3.98. The normalized spacial score (nSPS) is 12.6. The number of ether oxygens (including phenoxy) is 1. The summed E-state index contributed by atoms with van der Waals surface area (Å²) < 4.78 is 4.44. The minimum Gasteiger partial charge on any atom is -0.467 e. The third-order valence-electron chi connectivity index (χ3n) is 2.03. The zero-order valence-corrected chi connectivity index (χ0v) is 7.92. The first-order chi connectivity index (χ1) is 6.07. The molecule has 1 unspecified atom stereocenters. The molecular formula is C9H13NO3. The maximum Gasteiger partial charge on any atom is 0.339 e. The summed E-state index contributed by atoms with van der Waals surface area (Å²) in [6, 6.07) is 0. The lowest BCUT2D eigenvalue weighted by atomic mass is 10.1. The Morgan fingerprint density at radius 2 is 2.23 bits per heavy atom. The number of aromatic nitrogens is 1. The van der Waals surface area contributed by atoms with E-state index < -0.39 is 12.1 Å². The van der Waals surface area contributed by atoms with Crippen molar-refractivity contribution in [2.75, 3.05) is 7.11 Å². The SMILES string of the molecule is COC(=O)C(O)c1c(C)c[nH]c1C. The van der Waals surface area contributed by atoms with Crippen molar-refractivity contribution in [3.8, 4) is 0 Å². The van der Waals surface area contributed by atoms with E-state index in [4.69, 9.17) is 0 Å². The van der Waals surface area contributed by atoms with E-state index in [2.05, 4.69) is 9.72 Å².